The molecule has 0 unspecified atom stereocenters. The van der Waals surface area contributed by atoms with Crippen molar-refractivity contribution in [2.45, 2.75) is 9.79 Å². The second kappa shape index (κ2) is 5.94. The first kappa shape index (κ1) is 13.0. The topological polar surface area (TPSA) is 26.3 Å². The molecule has 0 saturated carbocycles. The lowest BCUT2D eigenvalue weighted by Gasteiger charge is -2.05. The molecule has 92 valence electrons. The lowest BCUT2D eigenvalue weighted by Crippen LogP contribution is -1.83. The van der Waals surface area contributed by atoms with Crippen LogP contribution in [0.4, 0.5) is 0 Å². The van der Waals surface area contributed by atoms with Gasteiger partial charge in [-0.25, -0.2) is 0 Å². The van der Waals surface area contributed by atoms with E-state index < -0.39 is 0 Å². The monoisotopic (exact) mass is 278 g/mol. The molecule has 0 aliphatic carbocycles. The minimum Gasteiger partial charge on any atom is -0.497 e. The van der Waals surface area contributed by atoms with Crippen LogP contribution in [0.3, 0.4) is 0 Å². The molecule has 2 aromatic carbocycles. The highest BCUT2D eigenvalue weighted by Crippen LogP contribution is 2.34. The first-order valence-corrected chi connectivity index (χ1v) is 6.49. The van der Waals surface area contributed by atoms with Crippen LogP contribution in [0.5, 0.6) is 5.75 Å². The van der Waals surface area contributed by atoms with E-state index in [0.29, 0.717) is 10.6 Å². The Balaban J connectivity index is 2.19. The Bertz CT molecular complexity index is 552. The van der Waals surface area contributed by atoms with E-state index in [1.54, 1.807) is 31.0 Å². The zero-order chi connectivity index (χ0) is 13.0. The Morgan fingerprint density at radius 3 is 2.44 bits per heavy atom. The first-order chi connectivity index (χ1) is 8.72. The van der Waals surface area contributed by atoms with Crippen molar-refractivity contribution in [1.29, 1.82) is 0 Å². The number of benzene rings is 2. The first-order valence-electron chi connectivity index (χ1n) is 5.29. The summed E-state index contributed by atoms with van der Waals surface area (Å²) in [6, 6.07) is 13.0. The summed E-state index contributed by atoms with van der Waals surface area (Å²) < 4.78 is 5.10. The number of aldehydes is 1. The molecule has 2 nitrogen and oxygen atoms in total. The van der Waals surface area contributed by atoms with Gasteiger partial charge in [0.25, 0.3) is 0 Å². The summed E-state index contributed by atoms with van der Waals surface area (Å²) in [5.74, 6) is 0.821. The molecule has 2 aromatic rings. The van der Waals surface area contributed by atoms with Crippen LogP contribution in [0, 0.1) is 0 Å². The molecular weight excluding hydrogens is 268 g/mol. The van der Waals surface area contributed by atoms with E-state index in [4.69, 9.17) is 16.3 Å². The Morgan fingerprint density at radius 2 is 1.89 bits per heavy atom. The highest BCUT2D eigenvalue weighted by Gasteiger charge is 2.04. The molecule has 0 aliphatic heterocycles. The van der Waals surface area contributed by atoms with E-state index in [1.807, 2.05) is 30.3 Å². The lowest BCUT2D eigenvalue weighted by molar-refractivity contribution is 0.112. The molecule has 0 fully saturated rings. The number of ether oxygens (including phenoxy) is 1. The standard InChI is InChI=1S/C14H11ClO2S/c1-17-11-3-5-12(6-4-11)18-14-7-2-10(9-16)8-13(14)15/h2-9H,1H3. The second-order valence-corrected chi connectivity index (χ2v) is 5.11. The van der Waals surface area contributed by atoms with Gasteiger partial charge in [0.15, 0.2) is 0 Å². The van der Waals surface area contributed by atoms with Gasteiger partial charge in [0.1, 0.15) is 12.0 Å². The maximum atomic E-state index is 10.6. The Kier molecular flexibility index (Phi) is 4.28. The molecule has 0 aliphatic rings. The van der Waals surface area contributed by atoms with Crippen LogP contribution in [-0.2, 0) is 0 Å². The van der Waals surface area contributed by atoms with Crippen molar-refractivity contribution in [2.24, 2.45) is 0 Å². The van der Waals surface area contributed by atoms with Crippen molar-refractivity contribution < 1.29 is 9.53 Å². The minimum absolute atomic E-state index is 0.582. The average molecular weight is 279 g/mol. The molecule has 0 radical (unpaired) electrons. The summed E-state index contributed by atoms with van der Waals surface area (Å²) in [6.45, 7) is 0. The third-order valence-electron chi connectivity index (χ3n) is 2.38. The summed E-state index contributed by atoms with van der Waals surface area (Å²) in [4.78, 5) is 12.6. The van der Waals surface area contributed by atoms with Gasteiger partial charge in [0.05, 0.1) is 12.1 Å². The second-order valence-electron chi connectivity index (χ2n) is 3.59. The zero-order valence-corrected chi connectivity index (χ0v) is 11.3. The van der Waals surface area contributed by atoms with Gasteiger partial charge in [0.2, 0.25) is 0 Å². The maximum Gasteiger partial charge on any atom is 0.150 e. The van der Waals surface area contributed by atoms with E-state index in [2.05, 4.69) is 0 Å². The number of carbonyl (C=O) groups is 1. The van der Waals surface area contributed by atoms with Crippen molar-refractivity contribution in [3.63, 3.8) is 0 Å². The van der Waals surface area contributed by atoms with Crippen LogP contribution in [0.25, 0.3) is 0 Å². The molecule has 4 heteroatoms. The molecule has 0 atom stereocenters. The SMILES string of the molecule is COc1ccc(Sc2ccc(C=O)cc2Cl)cc1. The van der Waals surface area contributed by atoms with E-state index in [9.17, 15) is 4.79 Å². The third-order valence-corrected chi connectivity index (χ3v) is 3.89. The summed E-state index contributed by atoms with van der Waals surface area (Å²) in [6.07, 6.45) is 0.785. The highest BCUT2D eigenvalue weighted by molar-refractivity contribution is 7.99. The highest BCUT2D eigenvalue weighted by atomic mass is 35.5. The van der Waals surface area contributed by atoms with Gasteiger partial charge in [0, 0.05) is 15.4 Å². The van der Waals surface area contributed by atoms with Crippen molar-refractivity contribution >= 4 is 29.6 Å². The zero-order valence-electron chi connectivity index (χ0n) is 9.72. The molecule has 0 amide bonds. The summed E-state index contributed by atoms with van der Waals surface area (Å²) in [5.41, 5.74) is 0.582. The van der Waals surface area contributed by atoms with Crippen molar-refractivity contribution in [2.75, 3.05) is 7.11 Å². The fourth-order valence-corrected chi connectivity index (χ4v) is 2.57. The third kappa shape index (κ3) is 3.06. The van der Waals surface area contributed by atoms with E-state index in [-0.39, 0.29) is 0 Å². The van der Waals surface area contributed by atoms with Crippen molar-refractivity contribution in [3.05, 3.63) is 53.1 Å². The molecule has 0 aromatic heterocycles. The van der Waals surface area contributed by atoms with Gasteiger partial charge in [-0.15, -0.1) is 0 Å². The Morgan fingerprint density at radius 1 is 1.17 bits per heavy atom. The quantitative estimate of drug-likeness (QED) is 0.780. The molecule has 0 N–H and O–H groups in total. The summed E-state index contributed by atoms with van der Waals surface area (Å²) in [5, 5.41) is 0.584. The van der Waals surface area contributed by atoms with E-state index in [0.717, 1.165) is 21.8 Å². The van der Waals surface area contributed by atoms with Crippen LogP contribution in [0.2, 0.25) is 5.02 Å². The molecule has 0 saturated heterocycles. The van der Waals surface area contributed by atoms with Crippen LogP contribution in [0.1, 0.15) is 10.4 Å². The minimum atomic E-state index is 0.582. The lowest BCUT2D eigenvalue weighted by atomic mass is 10.2. The van der Waals surface area contributed by atoms with Gasteiger partial charge in [-0.3, -0.25) is 4.79 Å². The van der Waals surface area contributed by atoms with Crippen LogP contribution in [-0.4, -0.2) is 13.4 Å². The summed E-state index contributed by atoms with van der Waals surface area (Å²) >= 11 is 7.66. The van der Waals surface area contributed by atoms with E-state index >= 15 is 0 Å². The van der Waals surface area contributed by atoms with Crippen molar-refractivity contribution in [3.8, 4) is 5.75 Å². The van der Waals surface area contributed by atoms with Crippen molar-refractivity contribution in [1.82, 2.24) is 0 Å². The van der Waals surface area contributed by atoms with Crippen LogP contribution >= 0.6 is 23.4 Å². The van der Waals surface area contributed by atoms with Gasteiger partial charge >= 0.3 is 0 Å². The largest absolute Gasteiger partial charge is 0.497 e. The molecule has 18 heavy (non-hydrogen) atoms. The molecule has 2 rings (SSSR count). The summed E-state index contributed by atoms with van der Waals surface area (Å²) in [7, 11) is 1.64. The van der Waals surface area contributed by atoms with Crippen LogP contribution in [0.15, 0.2) is 52.3 Å². The van der Waals surface area contributed by atoms with Gasteiger partial charge in [-0.1, -0.05) is 29.4 Å². The average Bonchev–Trinajstić information content (AvgIpc) is 2.42. The number of hydrogen-bond acceptors (Lipinski definition) is 3. The predicted octanol–water partition coefficient (Wildman–Crippen LogP) is 4.31. The number of halogens is 1. The smallest absolute Gasteiger partial charge is 0.150 e. The van der Waals surface area contributed by atoms with Gasteiger partial charge in [-0.05, 0) is 36.4 Å². The van der Waals surface area contributed by atoms with Gasteiger partial charge < -0.3 is 4.74 Å². The fourth-order valence-electron chi connectivity index (χ4n) is 1.44. The van der Waals surface area contributed by atoms with Gasteiger partial charge in [-0.2, -0.15) is 0 Å². The molecule has 0 spiro atoms. The van der Waals surface area contributed by atoms with E-state index in [1.165, 1.54) is 0 Å². The Hall–Kier alpha value is -1.45. The maximum absolute atomic E-state index is 10.6. The fraction of sp³-hybridized carbons (Fsp3) is 0.0714. The predicted molar refractivity (Wildman–Crippen MR) is 74.0 cm³/mol. The molecular formula is C14H11ClO2S. The van der Waals surface area contributed by atoms with Crippen LogP contribution < -0.4 is 4.74 Å². The Labute approximate surface area is 115 Å². The number of rotatable bonds is 4. The molecule has 0 bridgehead atoms. The normalized spacial score (nSPS) is 10.1. The number of carbonyl (C=O) groups excluding carboxylic acids is 1. The number of methoxy groups -OCH3 is 1. The number of hydrogen-bond donors (Lipinski definition) is 0. The molecule has 0 heterocycles.